The fraction of sp³-hybridized carbons (Fsp3) is 0.238. The van der Waals surface area contributed by atoms with E-state index in [1.807, 2.05) is 35.7 Å². The van der Waals surface area contributed by atoms with E-state index in [2.05, 4.69) is 22.4 Å². The molecule has 0 fully saturated rings. The lowest BCUT2D eigenvalue weighted by molar-refractivity contribution is 0.306. The van der Waals surface area contributed by atoms with E-state index in [4.69, 9.17) is 27.9 Å². The van der Waals surface area contributed by atoms with Gasteiger partial charge in [0.15, 0.2) is 0 Å². The van der Waals surface area contributed by atoms with Gasteiger partial charge in [-0.05, 0) is 36.8 Å². The first kappa shape index (κ1) is 20.6. The molecule has 0 unspecified atom stereocenters. The van der Waals surface area contributed by atoms with Gasteiger partial charge in [-0.15, -0.1) is 11.3 Å². The van der Waals surface area contributed by atoms with Crippen molar-refractivity contribution in [3.05, 3.63) is 63.5 Å². The Morgan fingerprint density at radius 3 is 2.86 bits per heavy atom. The van der Waals surface area contributed by atoms with Crippen LogP contribution in [0.4, 0.5) is 5.13 Å². The van der Waals surface area contributed by atoms with E-state index in [0.29, 0.717) is 21.8 Å². The van der Waals surface area contributed by atoms with Crippen LogP contribution in [0.25, 0.3) is 11.3 Å². The molecular formula is C21H21Cl2N3OS. The second kappa shape index (κ2) is 10.5. The van der Waals surface area contributed by atoms with Crippen LogP contribution in [0.3, 0.4) is 0 Å². The Balaban J connectivity index is 1.63. The molecule has 28 heavy (non-hydrogen) atoms. The van der Waals surface area contributed by atoms with Crippen molar-refractivity contribution in [3.63, 3.8) is 0 Å². The third-order valence-corrected chi connectivity index (χ3v) is 5.29. The maximum absolute atomic E-state index is 6.25. The van der Waals surface area contributed by atoms with Gasteiger partial charge in [0, 0.05) is 21.5 Å². The highest BCUT2D eigenvalue weighted by Gasteiger charge is 2.08. The highest BCUT2D eigenvalue weighted by atomic mass is 35.5. The van der Waals surface area contributed by atoms with E-state index >= 15 is 0 Å². The van der Waals surface area contributed by atoms with Gasteiger partial charge in [-0.1, -0.05) is 55.1 Å². The fourth-order valence-electron chi connectivity index (χ4n) is 2.56. The maximum atomic E-state index is 6.25. The Morgan fingerprint density at radius 2 is 2.04 bits per heavy atom. The minimum atomic E-state index is 0.571. The molecule has 7 heteroatoms. The van der Waals surface area contributed by atoms with E-state index in [1.165, 1.54) is 24.2 Å². The molecule has 0 radical (unpaired) electrons. The van der Waals surface area contributed by atoms with Crippen LogP contribution in [0.5, 0.6) is 5.75 Å². The predicted octanol–water partition coefficient (Wildman–Crippen LogP) is 7.13. The first-order valence-electron chi connectivity index (χ1n) is 9.09. The quantitative estimate of drug-likeness (QED) is 0.221. The van der Waals surface area contributed by atoms with Crippen LogP contribution in [0.1, 0.15) is 31.7 Å². The first-order chi connectivity index (χ1) is 13.7. The van der Waals surface area contributed by atoms with E-state index in [-0.39, 0.29) is 0 Å². The molecule has 0 aliphatic heterocycles. The van der Waals surface area contributed by atoms with Gasteiger partial charge in [-0.2, -0.15) is 5.10 Å². The lowest BCUT2D eigenvalue weighted by Gasteiger charge is -2.08. The van der Waals surface area contributed by atoms with Gasteiger partial charge in [0.2, 0.25) is 5.13 Å². The number of benzene rings is 2. The topological polar surface area (TPSA) is 46.5 Å². The molecule has 0 aliphatic carbocycles. The summed E-state index contributed by atoms with van der Waals surface area (Å²) >= 11 is 13.7. The smallest absolute Gasteiger partial charge is 0.203 e. The summed E-state index contributed by atoms with van der Waals surface area (Å²) < 4.78 is 5.87. The minimum absolute atomic E-state index is 0.571. The number of aromatic nitrogens is 1. The second-order valence-electron chi connectivity index (χ2n) is 6.13. The number of hydrogen-bond donors (Lipinski definition) is 1. The van der Waals surface area contributed by atoms with Crippen LogP contribution in [-0.4, -0.2) is 17.8 Å². The lowest BCUT2D eigenvalue weighted by atomic mass is 10.2. The van der Waals surface area contributed by atoms with Gasteiger partial charge in [0.25, 0.3) is 0 Å². The van der Waals surface area contributed by atoms with Crippen molar-refractivity contribution < 1.29 is 4.74 Å². The summed E-state index contributed by atoms with van der Waals surface area (Å²) in [5, 5.41) is 8.08. The van der Waals surface area contributed by atoms with Gasteiger partial charge < -0.3 is 4.74 Å². The van der Waals surface area contributed by atoms with E-state index in [0.717, 1.165) is 29.0 Å². The standard InChI is InChI=1S/C21H21Cl2N3OS/c1-2-3-6-11-27-20-8-5-4-7-15(20)13-24-26-21-25-19(14-28-21)17-10-9-16(22)12-18(17)23/h4-5,7-10,12-14H,2-3,6,11H2,1H3,(H,25,26)/b24-13+. The summed E-state index contributed by atoms with van der Waals surface area (Å²) in [7, 11) is 0. The molecule has 1 N–H and O–H groups in total. The van der Waals surface area contributed by atoms with Gasteiger partial charge in [0.05, 0.1) is 23.5 Å². The van der Waals surface area contributed by atoms with Crippen molar-refractivity contribution in [1.29, 1.82) is 0 Å². The molecule has 0 amide bonds. The van der Waals surface area contributed by atoms with Crippen LogP contribution < -0.4 is 10.2 Å². The summed E-state index contributed by atoms with van der Waals surface area (Å²) in [6.45, 7) is 2.89. The van der Waals surface area contributed by atoms with Crippen LogP contribution in [0, 0.1) is 0 Å². The summed E-state index contributed by atoms with van der Waals surface area (Å²) in [6, 6.07) is 13.2. The molecule has 0 bridgehead atoms. The normalized spacial score (nSPS) is 11.1. The molecule has 0 saturated carbocycles. The van der Waals surface area contributed by atoms with Gasteiger partial charge in [-0.3, -0.25) is 5.43 Å². The van der Waals surface area contributed by atoms with Crippen molar-refractivity contribution >= 4 is 45.9 Å². The van der Waals surface area contributed by atoms with Crippen LogP contribution >= 0.6 is 34.5 Å². The van der Waals surface area contributed by atoms with Crippen molar-refractivity contribution in [2.24, 2.45) is 5.10 Å². The van der Waals surface area contributed by atoms with Crippen molar-refractivity contribution in [2.75, 3.05) is 12.0 Å². The summed E-state index contributed by atoms with van der Waals surface area (Å²) in [4.78, 5) is 4.53. The highest BCUT2D eigenvalue weighted by Crippen LogP contribution is 2.32. The number of halogens is 2. The van der Waals surface area contributed by atoms with Crippen LogP contribution in [-0.2, 0) is 0 Å². The molecule has 146 valence electrons. The van der Waals surface area contributed by atoms with E-state index in [9.17, 15) is 0 Å². The number of ether oxygens (including phenoxy) is 1. The van der Waals surface area contributed by atoms with Gasteiger partial charge in [0.1, 0.15) is 5.75 Å². The molecular weight excluding hydrogens is 413 g/mol. The molecule has 3 rings (SSSR count). The lowest BCUT2D eigenvalue weighted by Crippen LogP contribution is -2.00. The molecule has 0 aliphatic rings. The molecule has 0 saturated heterocycles. The SMILES string of the molecule is CCCCCOc1ccccc1/C=N/Nc1nc(-c2ccc(Cl)cc2Cl)cs1. The number of para-hydroxylation sites is 1. The van der Waals surface area contributed by atoms with Gasteiger partial charge in [-0.25, -0.2) is 4.98 Å². The minimum Gasteiger partial charge on any atom is -0.493 e. The molecule has 1 aromatic heterocycles. The number of thiazole rings is 1. The van der Waals surface area contributed by atoms with Crippen molar-refractivity contribution in [2.45, 2.75) is 26.2 Å². The molecule has 0 atom stereocenters. The van der Waals surface area contributed by atoms with Crippen LogP contribution in [0.2, 0.25) is 10.0 Å². The third kappa shape index (κ3) is 5.71. The Hall–Kier alpha value is -2.08. The van der Waals surface area contributed by atoms with Crippen LogP contribution in [0.15, 0.2) is 52.9 Å². The van der Waals surface area contributed by atoms with Crippen molar-refractivity contribution in [1.82, 2.24) is 4.98 Å². The molecule has 2 aromatic carbocycles. The number of anilines is 1. The maximum Gasteiger partial charge on any atom is 0.203 e. The Labute approximate surface area is 179 Å². The number of hydrazone groups is 1. The van der Waals surface area contributed by atoms with E-state index in [1.54, 1.807) is 18.3 Å². The predicted molar refractivity (Wildman–Crippen MR) is 120 cm³/mol. The monoisotopic (exact) mass is 433 g/mol. The number of hydrogen-bond acceptors (Lipinski definition) is 5. The Morgan fingerprint density at radius 1 is 1.18 bits per heavy atom. The number of unbranched alkanes of at least 4 members (excludes halogenated alkanes) is 2. The third-order valence-electron chi connectivity index (χ3n) is 4.00. The number of nitrogens with zero attached hydrogens (tertiary/aromatic N) is 2. The summed E-state index contributed by atoms with van der Waals surface area (Å²) in [5.41, 5.74) is 5.51. The molecule has 4 nitrogen and oxygen atoms in total. The largest absolute Gasteiger partial charge is 0.493 e. The van der Waals surface area contributed by atoms with Crippen molar-refractivity contribution in [3.8, 4) is 17.0 Å². The second-order valence-corrected chi connectivity index (χ2v) is 7.83. The Bertz CT molecular complexity index is 943. The average molecular weight is 434 g/mol. The highest BCUT2D eigenvalue weighted by molar-refractivity contribution is 7.14. The van der Waals surface area contributed by atoms with E-state index < -0.39 is 0 Å². The summed E-state index contributed by atoms with van der Waals surface area (Å²) in [6.07, 6.45) is 5.14. The zero-order valence-corrected chi connectivity index (χ0v) is 17.8. The number of nitrogens with one attached hydrogen (secondary N) is 1. The fourth-order valence-corrected chi connectivity index (χ4v) is 3.72. The number of rotatable bonds is 9. The average Bonchev–Trinajstić information content (AvgIpc) is 3.15. The first-order valence-corrected chi connectivity index (χ1v) is 10.7. The molecule has 3 aromatic rings. The van der Waals surface area contributed by atoms with Gasteiger partial charge >= 0.3 is 0 Å². The summed E-state index contributed by atoms with van der Waals surface area (Å²) in [5.74, 6) is 0.830. The Kier molecular flexibility index (Phi) is 7.71. The molecule has 0 spiro atoms. The molecule has 1 heterocycles. The zero-order valence-electron chi connectivity index (χ0n) is 15.5. The zero-order chi connectivity index (χ0) is 19.8.